The van der Waals surface area contributed by atoms with Gasteiger partial charge in [-0.05, 0) is 24.3 Å². The van der Waals surface area contributed by atoms with Gasteiger partial charge in [0.1, 0.15) is 12.1 Å². The number of benzene rings is 1. The molecule has 102 valence electrons. The number of carbonyl (C=O) groups is 1. The Morgan fingerprint density at radius 1 is 1.25 bits per heavy atom. The predicted octanol–water partition coefficient (Wildman–Crippen LogP) is 1.06. The molecule has 3 aromatic rings. The van der Waals surface area contributed by atoms with E-state index in [4.69, 9.17) is 9.90 Å². The van der Waals surface area contributed by atoms with E-state index in [0.29, 0.717) is 11.8 Å². The van der Waals surface area contributed by atoms with E-state index in [1.165, 1.54) is 0 Å². The second kappa shape index (κ2) is 6.14. The number of aromatic hydroxyl groups is 1. The Morgan fingerprint density at radius 3 is 2.55 bits per heavy atom. The number of aromatic amines is 1. The fraction of sp³-hybridized carbons (Fsp3) is 0. The van der Waals surface area contributed by atoms with Gasteiger partial charge in [0.05, 0.1) is 0 Å². The minimum Gasteiger partial charge on any atom is -0.508 e. The van der Waals surface area contributed by atoms with Gasteiger partial charge in [-0.2, -0.15) is 4.98 Å². The molecule has 0 aliphatic heterocycles. The van der Waals surface area contributed by atoms with Gasteiger partial charge >= 0.3 is 0 Å². The molecule has 8 nitrogen and oxygen atoms in total. The van der Waals surface area contributed by atoms with Crippen molar-refractivity contribution in [3.05, 3.63) is 43.0 Å². The van der Waals surface area contributed by atoms with E-state index in [1.54, 1.807) is 47.6 Å². The van der Waals surface area contributed by atoms with Crippen LogP contribution in [0.2, 0.25) is 0 Å². The summed E-state index contributed by atoms with van der Waals surface area (Å²) in [5.41, 5.74) is 0.863. The van der Waals surface area contributed by atoms with Crippen molar-refractivity contribution < 1.29 is 15.0 Å². The first-order valence-corrected chi connectivity index (χ1v) is 5.52. The van der Waals surface area contributed by atoms with Crippen LogP contribution < -0.4 is 0 Å². The van der Waals surface area contributed by atoms with Gasteiger partial charge in [0.15, 0.2) is 5.82 Å². The van der Waals surface area contributed by atoms with E-state index in [-0.39, 0.29) is 12.2 Å². The SMILES string of the molecule is O=CO.Oc1ccc(-c2nc(-n3ccnc3)n[nH]2)cc1. The third kappa shape index (κ3) is 2.99. The summed E-state index contributed by atoms with van der Waals surface area (Å²) in [5.74, 6) is 1.40. The van der Waals surface area contributed by atoms with Crippen LogP contribution in [0.4, 0.5) is 0 Å². The number of imidazole rings is 1. The lowest BCUT2D eigenvalue weighted by Gasteiger charge is -1.95. The number of nitrogens with zero attached hydrogens (tertiary/aromatic N) is 4. The van der Waals surface area contributed by atoms with Gasteiger partial charge in [0.2, 0.25) is 0 Å². The molecule has 20 heavy (non-hydrogen) atoms. The lowest BCUT2D eigenvalue weighted by molar-refractivity contribution is -0.122. The number of phenols is 1. The normalized spacial score (nSPS) is 9.60. The highest BCUT2D eigenvalue weighted by Gasteiger charge is 2.06. The van der Waals surface area contributed by atoms with Crippen molar-refractivity contribution >= 4 is 6.47 Å². The third-order valence-corrected chi connectivity index (χ3v) is 2.35. The minimum atomic E-state index is -0.250. The summed E-state index contributed by atoms with van der Waals surface area (Å²) >= 11 is 0. The minimum absolute atomic E-state index is 0.225. The second-order valence-electron chi connectivity index (χ2n) is 3.61. The molecule has 0 amide bonds. The Kier molecular flexibility index (Phi) is 4.07. The van der Waals surface area contributed by atoms with Gasteiger partial charge in [-0.1, -0.05) is 0 Å². The standard InChI is InChI=1S/C11H9N5O.CH2O2/c17-9-3-1-8(2-4-9)10-13-11(15-14-10)16-6-5-12-7-16;2-1-3/h1-7,17H,(H,13,14,15);1H,(H,2,3). The van der Waals surface area contributed by atoms with Crippen molar-refractivity contribution in [3.8, 4) is 23.1 Å². The molecule has 0 saturated carbocycles. The number of nitrogens with one attached hydrogen (secondary N) is 1. The molecule has 2 aromatic heterocycles. The summed E-state index contributed by atoms with van der Waals surface area (Å²) in [6.07, 6.45) is 5.06. The predicted molar refractivity (Wildman–Crippen MR) is 69.3 cm³/mol. The van der Waals surface area contributed by atoms with E-state index < -0.39 is 0 Å². The van der Waals surface area contributed by atoms with Crippen LogP contribution in [0.25, 0.3) is 17.3 Å². The van der Waals surface area contributed by atoms with Crippen molar-refractivity contribution in [3.63, 3.8) is 0 Å². The number of phenolic OH excluding ortho intramolecular Hbond substituents is 1. The molecular weight excluding hydrogens is 262 g/mol. The van der Waals surface area contributed by atoms with Crippen LogP contribution in [0.1, 0.15) is 0 Å². The smallest absolute Gasteiger partial charge is 0.290 e. The molecule has 0 spiro atoms. The van der Waals surface area contributed by atoms with Crippen LogP contribution in [0.5, 0.6) is 5.75 Å². The number of carboxylic acid groups (broad SMARTS) is 1. The van der Waals surface area contributed by atoms with Crippen LogP contribution in [0.3, 0.4) is 0 Å². The monoisotopic (exact) mass is 273 g/mol. The largest absolute Gasteiger partial charge is 0.508 e. The van der Waals surface area contributed by atoms with Crippen LogP contribution in [-0.2, 0) is 4.79 Å². The Labute approximate surface area is 113 Å². The van der Waals surface area contributed by atoms with Gasteiger partial charge in [0, 0.05) is 18.0 Å². The molecule has 3 N–H and O–H groups in total. The lowest BCUT2D eigenvalue weighted by Crippen LogP contribution is -1.92. The van der Waals surface area contributed by atoms with Gasteiger partial charge in [-0.25, -0.2) is 4.98 Å². The number of hydrogen-bond donors (Lipinski definition) is 3. The molecule has 0 unspecified atom stereocenters. The summed E-state index contributed by atoms with van der Waals surface area (Å²) in [6, 6.07) is 6.75. The number of aromatic nitrogens is 5. The topological polar surface area (TPSA) is 117 Å². The zero-order valence-electron chi connectivity index (χ0n) is 10.2. The second-order valence-corrected chi connectivity index (χ2v) is 3.61. The molecule has 0 bridgehead atoms. The van der Waals surface area contributed by atoms with Crippen molar-refractivity contribution in [2.45, 2.75) is 0 Å². The molecule has 0 fully saturated rings. The molecule has 0 atom stereocenters. The average molecular weight is 273 g/mol. The van der Waals surface area contributed by atoms with Crippen LogP contribution in [0, 0.1) is 0 Å². The van der Waals surface area contributed by atoms with Gasteiger partial charge in [0.25, 0.3) is 12.4 Å². The van der Waals surface area contributed by atoms with Crippen molar-refractivity contribution in [1.82, 2.24) is 24.7 Å². The highest BCUT2D eigenvalue weighted by molar-refractivity contribution is 5.56. The number of hydrogen-bond acceptors (Lipinski definition) is 5. The number of H-pyrrole nitrogens is 1. The van der Waals surface area contributed by atoms with E-state index in [1.807, 2.05) is 0 Å². The quantitative estimate of drug-likeness (QED) is 0.601. The van der Waals surface area contributed by atoms with Crippen molar-refractivity contribution in [2.75, 3.05) is 0 Å². The maximum Gasteiger partial charge on any atom is 0.290 e. The Morgan fingerprint density at radius 2 is 1.95 bits per heavy atom. The van der Waals surface area contributed by atoms with Crippen molar-refractivity contribution in [2.24, 2.45) is 0 Å². The molecule has 2 heterocycles. The van der Waals surface area contributed by atoms with Crippen molar-refractivity contribution in [1.29, 1.82) is 0 Å². The molecule has 8 heteroatoms. The summed E-state index contributed by atoms with van der Waals surface area (Å²) in [4.78, 5) is 16.6. The first-order chi connectivity index (χ1) is 9.74. The van der Waals surface area contributed by atoms with Gasteiger partial charge < -0.3 is 10.2 Å². The number of rotatable bonds is 2. The summed E-state index contributed by atoms with van der Waals surface area (Å²) < 4.78 is 1.71. The van der Waals surface area contributed by atoms with E-state index in [0.717, 1.165) is 5.56 Å². The molecule has 0 aliphatic carbocycles. The molecule has 1 aromatic carbocycles. The Balaban J connectivity index is 0.000000452. The zero-order chi connectivity index (χ0) is 14.4. The van der Waals surface area contributed by atoms with Crippen LogP contribution >= 0.6 is 0 Å². The Hall–Kier alpha value is -3.16. The van der Waals surface area contributed by atoms with E-state index in [9.17, 15) is 5.11 Å². The molecule has 0 aliphatic rings. The van der Waals surface area contributed by atoms with Gasteiger partial charge in [-0.3, -0.25) is 14.5 Å². The summed E-state index contributed by atoms with van der Waals surface area (Å²) in [7, 11) is 0. The fourth-order valence-electron chi connectivity index (χ4n) is 1.49. The van der Waals surface area contributed by atoms with Crippen LogP contribution in [-0.4, -0.2) is 41.4 Å². The fourth-order valence-corrected chi connectivity index (χ4v) is 1.49. The zero-order valence-corrected chi connectivity index (χ0v) is 10.2. The molecule has 0 saturated heterocycles. The maximum absolute atomic E-state index is 9.20. The van der Waals surface area contributed by atoms with E-state index in [2.05, 4.69) is 20.2 Å². The summed E-state index contributed by atoms with van der Waals surface area (Å²) in [5, 5.41) is 23.0. The highest BCUT2D eigenvalue weighted by atomic mass is 16.3. The van der Waals surface area contributed by atoms with Gasteiger partial charge in [-0.15, -0.1) is 5.10 Å². The summed E-state index contributed by atoms with van der Waals surface area (Å²) in [6.45, 7) is -0.250. The van der Waals surface area contributed by atoms with Crippen LogP contribution in [0.15, 0.2) is 43.0 Å². The molecule has 0 radical (unpaired) electrons. The average Bonchev–Trinajstić information content (AvgIpc) is 3.11. The lowest BCUT2D eigenvalue weighted by atomic mass is 10.2. The van der Waals surface area contributed by atoms with E-state index >= 15 is 0 Å². The molecular formula is C12H11N5O3. The first-order valence-electron chi connectivity index (χ1n) is 5.52. The Bertz CT molecular complexity index is 661. The first kappa shape index (κ1) is 13.3. The third-order valence-electron chi connectivity index (χ3n) is 2.35. The highest BCUT2D eigenvalue weighted by Crippen LogP contribution is 2.18. The maximum atomic E-state index is 9.20. The molecule has 3 rings (SSSR count).